The molecule has 0 unspecified atom stereocenters. The van der Waals surface area contributed by atoms with E-state index in [1.165, 1.54) is 26.4 Å². The number of methoxy groups -OCH3 is 2. The lowest BCUT2D eigenvalue weighted by molar-refractivity contribution is -0.137. The molecule has 0 aliphatic carbocycles. The van der Waals surface area contributed by atoms with E-state index in [4.69, 9.17) is 9.47 Å². The largest absolute Gasteiger partial charge is 0.497 e. The fourth-order valence-corrected chi connectivity index (χ4v) is 4.62. The van der Waals surface area contributed by atoms with Crippen molar-refractivity contribution in [2.75, 3.05) is 33.9 Å². The molecule has 1 aliphatic rings. The topological polar surface area (TPSA) is 42.0 Å². The van der Waals surface area contributed by atoms with Crippen LogP contribution >= 0.6 is 0 Å². The molecule has 37 heavy (non-hydrogen) atoms. The van der Waals surface area contributed by atoms with Gasteiger partial charge in [-0.25, -0.2) is 4.39 Å². The van der Waals surface area contributed by atoms with Crippen molar-refractivity contribution in [3.63, 3.8) is 0 Å². The number of alkyl halides is 3. The minimum Gasteiger partial charge on any atom is -0.497 e. The molecule has 0 radical (unpaired) electrons. The first-order valence-electron chi connectivity index (χ1n) is 11.8. The van der Waals surface area contributed by atoms with E-state index in [-0.39, 0.29) is 23.1 Å². The fraction of sp³-hybridized carbons (Fsp3) is 0.321. The molecule has 3 aromatic carbocycles. The molecule has 1 aliphatic heterocycles. The number of nitrogens with zero attached hydrogens (tertiary/aromatic N) is 2. The van der Waals surface area contributed by atoms with Gasteiger partial charge in [-0.1, -0.05) is 36.4 Å². The van der Waals surface area contributed by atoms with E-state index in [1.807, 2.05) is 30.3 Å². The Morgan fingerprint density at radius 1 is 0.946 bits per heavy atom. The van der Waals surface area contributed by atoms with Crippen LogP contribution < -0.4 is 9.47 Å². The Hall–Kier alpha value is -3.59. The number of rotatable bonds is 7. The van der Waals surface area contributed by atoms with Gasteiger partial charge in [0.25, 0.3) is 5.91 Å². The monoisotopic (exact) mass is 516 g/mol. The number of amides is 1. The second-order valence-corrected chi connectivity index (χ2v) is 8.99. The van der Waals surface area contributed by atoms with Crippen LogP contribution in [0.25, 0.3) is 0 Å². The molecule has 0 spiro atoms. The Labute approximate surface area is 213 Å². The zero-order valence-electron chi connectivity index (χ0n) is 20.6. The van der Waals surface area contributed by atoms with E-state index in [9.17, 15) is 22.4 Å². The van der Waals surface area contributed by atoms with Gasteiger partial charge in [0.15, 0.2) is 11.6 Å². The molecule has 3 aromatic rings. The number of hydrogen-bond acceptors (Lipinski definition) is 4. The maximum Gasteiger partial charge on any atom is 0.416 e. The van der Waals surface area contributed by atoms with Crippen LogP contribution in [-0.2, 0) is 19.1 Å². The summed E-state index contributed by atoms with van der Waals surface area (Å²) in [6.45, 7) is 2.05. The van der Waals surface area contributed by atoms with E-state index in [2.05, 4.69) is 4.90 Å². The number of carbonyl (C=O) groups is 1. The van der Waals surface area contributed by atoms with Gasteiger partial charge >= 0.3 is 6.18 Å². The minimum absolute atomic E-state index is 0.0410. The first kappa shape index (κ1) is 26.5. The predicted octanol–water partition coefficient (Wildman–Crippen LogP) is 5.43. The first-order valence-corrected chi connectivity index (χ1v) is 11.8. The molecule has 5 nitrogen and oxygen atoms in total. The average Bonchev–Trinajstić information content (AvgIpc) is 2.89. The summed E-state index contributed by atoms with van der Waals surface area (Å²) in [7, 11) is 2.64. The van der Waals surface area contributed by atoms with Crippen LogP contribution in [0.5, 0.6) is 11.5 Å². The molecule has 1 heterocycles. The standard InChI is InChI=1S/C28H28F4N2O3/c1-36-24-15-21(14-22(16-24)28(30,31)32)27(35)34-11-10-33(17-19-6-4-3-5-7-19)18-23(34)12-20-8-9-25(29)26(13-20)37-2/h3-9,13-16,23H,10-12,17-18H2,1-2H3/t23-/m1/s1. The molecule has 1 amide bonds. The van der Waals surface area contributed by atoms with Crippen LogP contribution in [-0.4, -0.2) is 55.6 Å². The lowest BCUT2D eigenvalue weighted by atomic mass is 9.99. The number of hydrogen-bond donors (Lipinski definition) is 0. The highest BCUT2D eigenvalue weighted by molar-refractivity contribution is 5.95. The Morgan fingerprint density at radius 3 is 2.38 bits per heavy atom. The Kier molecular flexibility index (Phi) is 8.02. The third-order valence-corrected chi connectivity index (χ3v) is 6.48. The number of benzene rings is 3. The van der Waals surface area contributed by atoms with Crippen LogP contribution in [0, 0.1) is 5.82 Å². The van der Waals surface area contributed by atoms with E-state index in [0.29, 0.717) is 32.6 Å². The van der Waals surface area contributed by atoms with Crippen LogP contribution in [0.3, 0.4) is 0 Å². The second-order valence-electron chi connectivity index (χ2n) is 8.99. The van der Waals surface area contributed by atoms with Crippen molar-refractivity contribution in [3.8, 4) is 11.5 Å². The Bertz CT molecular complexity index is 1230. The molecule has 1 atom stereocenters. The summed E-state index contributed by atoms with van der Waals surface area (Å²) < 4.78 is 64.6. The van der Waals surface area contributed by atoms with Crippen molar-refractivity contribution in [3.05, 3.63) is 94.8 Å². The van der Waals surface area contributed by atoms with Gasteiger partial charge in [0.1, 0.15) is 5.75 Å². The second kappa shape index (κ2) is 11.2. The molecule has 1 saturated heterocycles. The van der Waals surface area contributed by atoms with Gasteiger partial charge in [-0.15, -0.1) is 0 Å². The third kappa shape index (κ3) is 6.40. The quantitative estimate of drug-likeness (QED) is 0.393. The summed E-state index contributed by atoms with van der Waals surface area (Å²) in [5.74, 6) is -0.955. The molecule has 0 aromatic heterocycles. The summed E-state index contributed by atoms with van der Waals surface area (Å²) in [6, 6.07) is 17.1. The maximum absolute atomic E-state index is 14.0. The molecule has 0 saturated carbocycles. The summed E-state index contributed by atoms with van der Waals surface area (Å²) >= 11 is 0. The summed E-state index contributed by atoms with van der Waals surface area (Å²) in [5.41, 5.74) is 0.832. The summed E-state index contributed by atoms with van der Waals surface area (Å²) in [4.78, 5) is 17.4. The lowest BCUT2D eigenvalue weighted by Gasteiger charge is -2.42. The SMILES string of the molecule is COc1cc(C(=O)N2CCN(Cc3ccccc3)C[C@H]2Cc2ccc(F)c(OC)c2)cc(C(F)(F)F)c1. The zero-order valence-corrected chi connectivity index (χ0v) is 20.6. The van der Waals surface area contributed by atoms with E-state index in [0.717, 1.165) is 23.3 Å². The molecule has 9 heteroatoms. The van der Waals surface area contributed by atoms with Gasteiger partial charge in [0.2, 0.25) is 0 Å². The molecule has 1 fully saturated rings. The highest BCUT2D eigenvalue weighted by atomic mass is 19.4. The molecule has 0 bridgehead atoms. The van der Waals surface area contributed by atoms with E-state index in [1.54, 1.807) is 17.0 Å². The molecule has 4 rings (SSSR count). The van der Waals surface area contributed by atoms with Crippen molar-refractivity contribution in [1.29, 1.82) is 0 Å². The first-order chi connectivity index (χ1) is 17.7. The van der Waals surface area contributed by atoms with Gasteiger partial charge < -0.3 is 14.4 Å². The van der Waals surface area contributed by atoms with Crippen molar-refractivity contribution in [1.82, 2.24) is 9.80 Å². The fourth-order valence-electron chi connectivity index (χ4n) is 4.62. The van der Waals surface area contributed by atoms with Gasteiger partial charge in [0, 0.05) is 37.8 Å². The normalized spacial score (nSPS) is 16.5. The van der Waals surface area contributed by atoms with Crippen LogP contribution in [0.1, 0.15) is 27.0 Å². The highest BCUT2D eigenvalue weighted by Crippen LogP contribution is 2.33. The van der Waals surface area contributed by atoms with Gasteiger partial charge in [-0.3, -0.25) is 9.69 Å². The van der Waals surface area contributed by atoms with Crippen molar-refractivity contribution < 1.29 is 31.8 Å². The Balaban J connectivity index is 1.64. The van der Waals surface area contributed by atoms with Crippen molar-refractivity contribution >= 4 is 5.91 Å². The smallest absolute Gasteiger partial charge is 0.416 e. The number of halogens is 4. The molecule has 196 valence electrons. The lowest BCUT2D eigenvalue weighted by Crippen LogP contribution is -2.55. The maximum atomic E-state index is 14.0. The van der Waals surface area contributed by atoms with Gasteiger partial charge in [-0.2, -0.15) is 13.2 Å². The predicted molar refractivity (Wildman–Crippen MR) is 131 cm³/mol. The number of ether oxygens (including phenoxy) is 2. The van der Waals surface area contributed by atoms with Crippen LogP contribution in [0.4, 0.5) is 17.6 Å². The molecular weight excluding hydrogens is 488 g/mol. The molecule has 0 N–H and O–H groups in total. The van der Waals surface area contributed by atoms with Crippen LogP contribution in [0.15, 0.2) is 66.7 Å². The third-order valence-electron chi connectivity index (χ3n) is 6.48. The zero-order chi connectivity index (χ0) is 26.6. The van der Waals surface area contributed by atoms with E-state index < -0.39 is 23.5 Å². The molecular formula is C28H28F4N2O3. The Morgan fingerprint density at radius 2 is 1.70 bits per heavy atom. The van der Waals surface area contributed by atoms with Gasteiger partial charge in [0.05, 0.1) is 19.8 Å². The summed E-state index contributed by atoms with van der Waals surface area (Å²) in [5, 5.41) is 0. The highest BCUT2D eigenvalue weighted by Gasteiger charge is 2.35. The number of carbonyl (C=O) groups excluding carboxylic acids is 1. The number of piperazine rings is 1. The van der Waals surface area contributed by atoms with Gasteiger partial charge in [-0.05, 0) is 47.9 Å². The average molecular weight is 517 g/mol. The summed E-state index contributed by atoms with van der Waals surface area (Å²) in [6.07, 6.45) is -4.24. The van der Waals surface area contributed by atoms with Crippen molar-refractivity contribution in [2.45, 2.75) is 25.2 Å². The van der Waals surface area contributed by atoms with Crippen molar-refractivity contribution in [2.24, 2.45) is 0 Å². The van der Waals surface area contributed by atoms with Crippen LogP contribution in [0.2, 0.25) is 0 Å². The minimum atomic E-state index is -4.62. The van der Waals surface area contributed by atoms with E-state index >= 15 is 0 Å².